The van der Waals surface area contributed by atoms with E-state index in [1.807, 2.05) is 35.2 Å². The van der Waals surface area contributed by atoms with Gasteiger partial charge in [0.2, 0.25) is 15.4 Å². The summed E-state index contributed by atoms with van der Waals surface area (Å²) < 4.78 is 41.6. The van der Waals surface area contributed by atoms with Crippen molar-refractivity contribution in [1.82, 2.24) is 0 Å². The molecule has 1 aliphatic heterocycles. The lowest BCUT2D eigenvalue weighted by Gasteiger charge is -2.38. The van der Waals surface area contributed by atoms with Gasteiger partial charge in [-0.25, -0.2) is 17.8 Å². The summed E-state index contributed by atoms with van der Waals surface area (Å²) in [5.41, 5.74) is 2.07. The second-order valence-electron chi connectivity index (χ2n) is 7.93. The van der Waals surface area contributed by atoms with Crippen LogP contribution in [0, 0.1) is 5.82 Å². The van der Waals surface area contributed by atoms with E-state index in [4.69, 9.17) is 11.6 Å². The maximum absolute atomic E-state index is 14.3. The molecule has 1 N–H and O–H groups in total. The van der Waals surface area contributed by atoms with Gasteiger partial charge in [0.25, 0.3) is 0 Å². The summed E-state index contributed by atoms with van der Waals surface area (Å²) in [5, 5.41) is 1.30. The first-order valence-electron chi connectivity index (χ1n) is 10.6. The number of pyridine rings is 1. The average molecular weight is 483 g/mol. The second kappa shape index (κ2) is 8.65. The van der Waals surface area contributed by atoms with E-state index < -0.39 is 9.84 Å². The van der Waals surface area contributed by atoms with E-state index in [0.717, 1.165) is 10.9 Å². The summed E-state index contributed by atoms with van der Waals surface area (Å²) in [5.74, 6) is -0.253. The van der Waals surface area contributed by atoms with Gasteiger partial charge in [0.15, 0.2) is 11.1 Å². The highest BCUT2D eigenvalue weighted by molar-refractivity contribution is 7.91. The average Bonchev–Trinajstić information content (AvgIpc) is 2.84. The van der Waals surface area contributed by atoms with Crippen molar-refractivity contribution >= 4 is 43.7 Å². The Bertz CT molecular complexity index is 1420. The fraction of sp³-hybridized carbons (Fsp3) is 0.160. The number of halogens is 2. The maximum Gasteiger partial charge on any atom is 0.214 e. The SMILES string of the molecule is O=S(=O)(c1ccc(Cl)cc1)c1c[nH+]c2ccccc2c1N1CCN(c2ccccc2F)CC1. The number of aromatic amines is 1. The first-order valence-corrected chi connectivity index (χ1v) is 12.5. The summed E-state index contributed by atoms with van der Waals surface area (Å²) in [7, 11) is -3.80. The summed E-state index contributed by atoms with van der Waals surface area (Å²) in [4.78, 5) is 7.61. The topological polar surface area (TPSA) is 54.8 Å². The smallest absolute Gasteiger partial charge is 0.214 e. The molecule has 0 amide bonds. The number of sulfone groups is 1. The van der Waals surface area contributed by atoms with Crippen molar-refractivity contribution in [2.75, 3.05) is 36.0 Å². The highest BCUT2D eigenvalue weighted by Gasteiger charge is 2.31. The summed E-state index contributed by atoms with van der Waals surface area (Å²) in [6, 6.07) is 20.6. The van der Waals surface area contributed by atoms with E-state index in [9.17, 15) is 12.8 Å². The third kappa shape index (κ3) is 4.03. The Morgan fingerprint density at radius 1 is 0.818 bits per heavy atom. The number of fused-ring (bicyclic) bond motifs is 1. The van der Waals surface area contributed by atoms with Crippen molar-refractivity contribution in [2.45, 2.75) is 9.79 Å². The van der Waals surface area contributed by atoms with Gasteiger partial charge in [-0.3, -0.25) is 0 Å². The molecule has 2 heterocycles. The molecule has 1 aliphatic rings. The minimum atomic E-state index is -3.80. The van der Waals surface area contributed by atoms with Crippen LogP contribution < -0.4 is 14.8 Å². The maximum atomic E-state index is 14.3. The third-order valence-corrected chi connectivity index (χ3v) is 8.01. The number of nitrogens with zero attached hydrogens (tertiary/aromatic N) is 2. The van der Waals surface area contributed by atoms with Crippen LogP contribution in [0.15, 0.2) is 88.8 Å². The standard InChI is InChI=1S/C25H21ClFN3O2S/c26-18-9-11-19(12-10-18)33(31,32)24-17-28-22-7-3-1-5-20(22)25(24)30-15-13-29(14-16-30)23-8-4-2-6-21(23)27/h1-12,17H,13-16H2/p+1. The lowest BCUT2D eigenvalue weighted by molar-refractivity contribution is -0.347. The lowest BCUT2D eigenvalue weighted by Crippen LogP contribution is -2.47. The van der Waals surface area contributed by atoms with Gasteiger partial charge in [-0.15, -0.1) is 0 Å². The Morgan fingerprint density at radius 2 is 1.45 bits per heavy atom. The summed E-state index contributed by atoms with van der Waals surface area (Å²) >= 11 is 5.97. The van der Waals surface area contributed by atoms with Gasteiger partial charge in [-0.2, -0.15) is 0 Å². The van der Waals surface area contributed by atoms with Gasteiger partial charge < -0.3 is 9.80 Å². The molecule has 1 saturated heterocycles. The van der Waals surface area contributed by atoms with Crippen LogP contribution in [0.4, 0.5) is 15.8 Å². The van der Waals surface area contributed by atoms with Gasteiger partial charge in [0.1, 0.15) is 5.82 Å². The molecule has 1 fully saturated rings. The van der Waals surface area contributed by atoms with Crippen LogP contribution in [0.3, 0.4) is 0 Å². The molecule has 0 spiro atoms. The number of nitrogens with one attached hydrogen (secondary N) is 1. The first-order chi connectivity index (χ1) is 15.9. The zero-order valence-corrected chi connectivity index (χ0v) is 19.3. The number of para-hydroxylation sites is 2. The van der Waals surface area contributed by atoms with Crippen LogP contribution in [0.1, 0.15) is 0 Å². The van der Waals surface area contributed by atoms with E-state index in [2.05, 4.69) is 9.88 Å². The number of H-pyrrole nitrogens is 1. The van der Waals surface area contributed by atoms with E-state index in [-0.39, 0.29) is 15.6 Å². The molecule has 0 saturated carbocycles. The zero-order valence-electron chi connectivity index (χ0n) is 17.7. The van der Waals surface area contributed by atoms with Crippen LogP contribution in [-0.2, 0) is 9.84 Å². The second-order valence-corrected chi connectivity index (χ2v) is 10.3. The Kier molecular flexibility index (Phi) is 5.68. The van der Waals surface area contributed by atoms with Crippen LogP contribution in [0.25, 0.3) is 10.9 Å². The van der Waals surface area contributed by atoms with E-state index >= 15 is 0 Å². The molecule has 5 rings (SSSR count). The Hall–Kier alpha value is -3.16. The minimum absolute atomic E-state index is 0.182. The number of hydrogen-bond acceptors (Lipinski definition) is 4. The fourth-order valence-electron chi connectivity index (χ4n) is 4.31. The van der Waals surface area contributed by atoms with E-state index in [1.165, 1.54) is 18.2 Å². The van der Waals surface area contributed by atoms with Gasteiger partial charge in [-0.1, -0.05) is 35.9 Å². The van der Waals surface area contributed by atoms with E-state index in [1.54, 1.807) is 30.5 Å². The predicted molar refractivity (Wildman–Crippen MR) is 128 cm³/mol. The van der Waals surface area contributed by atoms with Crippen LogP contribution in [0.2, 0.25) is 5.02 Å². The quantitative estimate of drug-likeness (QED) is 0.426. The number of benzene rings is 3. The molecule has 33 heavy (non-hydrogen) atoms. The molecule has 168 valence electrons. The molecule has 1 aromatic heterocycles. The molecule has 0 atom stereocenters. The third-order valence-electron chi connectivity index (χ3n) is 5.98. The van der Waals surface area contributed by atoms with Gasteiger partial charge in [0, 0.05) is 37.3 Å². The molecule has 0 unspecified atom stereocenters. The summed E-state index contributed by atoms with van der Waals surface area (Å²) in [6.45, 7) is 2.28. The number of hydrogen-bond donors (Lipinski definition) is 0. The Morgan fingerprint density at radius 3 is 2.18 bits per heavy atom. The van der Waals surface area contributed by atoms with E-state index in [0.29, 0.717) is 42.6 Å². The van der Waals surface area contributed by atoms with Crippen molar-refractivity contribution in [2.24, 2.45) is 0 Å². The number of rotatable bonds is 4. The van der Waals surface area contributed by atoms with Gasteiger partial charge >= 0.3 is 0 Å². The molecule has 0 bridgehead atoms. The molecular weight excluding hydrogens is 461 g/mol. The van der Waals surface area contributed by atoms with Gasteiger partial charge in [0.05, 0.1) is 21.7 Å². The number of aromatic nitrogens is 1. The number of anilines is 2. The molecule has 4 aromatic rings. The highest BCUT2D eigenvalue weighted by Crippen LogP contribution is 2.36. The van der Waals surface area contributed by atoms with Crippen molar-refractivity contribution in [3.05, 3.63) is 89.8 Å². The Balaban J connectivity index is 1.56. The molecule has 3 aromatic carbocycles. The van der Waals surface area contributed by atoms with Crippen molar-refractivity contribution in [3.8, 4) is 0 Å². The summed E-state index contributed by atoms with van der Waals surface area (Å²) in [6.07, 6.45) is 1.56. The fourth-order valence-corrected chi connectivity index (χ4v) is 5.89. The molecular formula is C25H22ClFN3O2S+. The van der Waals surface area contributed by atoms with Crippen LogP contribution >= 0.6 is 11.6 Å². The lowest BCUT2D eigenvalue weighted by atomic mass is 10.1. The highest BCUT2D eigenvalue weighted by atomic mass is 35.5. The molecule has 8 heteroatoms. The van der Waals surface area contributed by atoms with Gasteiger partial charge in [-0.05, 0) is 42.5 Å². The minimum Gasteiger partial charge on any atom is -0.366 e. The Labute approximate surface area is 197 Å². The number of piperazine rings is 1. The normalized spacial score (nSPS) is 14.6. The molecule has 5 nitrogen and oxygen atoms in total. The predicted octanol–water partition coefficient (Wildman–Crippen LogP) is 4.61. The van der Waals surface area contributed by atoms with Crippen molar-refractivity contribution in [3.63, 3.8) is 0 Å². The first kappa shape index (κ1) is 21.7. The van der Waals surface area contributed by atoms with Crippen molar-refractivity contribution in [1.29, 1.82) is 0 Å². The molecule has 0 radical (unpaired) electrons. The van der Waals surface area contributed by atoms with Crippen LogP contribution in [-0.4, -0.2) is 34.6 Å². The van der Waals surface area contributed by atoms with Crippen LogP contribution in [0.5, 0.6) is 0 Å². The zero-order chi connectivity index (χ0) is 23.0. The molecule has 0 aliphatic carbocycles. The largest absolute Gasteiger partial charge is 0.366 e. The van der Waals surface area contributed by atoms with Crippen molar-refractivity contribution < 1.29 is 17.8 Å². The monoisotopic (exact) mass is 482 g/mol.